The predicted molar refractivity (Wildman–Crippen MR) is 132 cm³/mol. The Bertz CT molecular complexity index is 1300. The monoisotopic (exact) mass is 459 g/mol. The summed E-state index contributed by atoms with van der Waals surface area (Å²) in [4.78, 5) is 18.1. The van der Waals surface area contributed by atoms with Crippen molar-refractivity contribution in [2.24, 2.45) is 0 Å². The second-order valence-corrected chi connectivity index (χ2v) is 8.08. The molecule has 1 aromatic heterocycles. The highest BCUT2D eigenvalue weighted by Crippen LogP contribution is 2.38. The van der Waals surface area contributed by atoms with Gasteiger partial charge >= 0.3 is 0 Å². The third kappa shape index (κ3) is 4.41. The van der Waals surface area contributed by atoms with E-state index in [4.69, 9.17) is 19.2 Å². The summed E-state index contributed by atoms with van der Waals surface area (Å²) in [6, 6.07) is 19.2. The number of aromatic nitrogens is 2. The molecule has 3 aromatic carbocycles. The number of aryl methyl sites for hydroxylation is 1. The zero-order valence-corrected chi connectivity index (χ0v) is 20.1. The number of imidazole rings is 1. The standard InChI is InChI=1S/C27H29N3O4/c1-17-10-6-7-11-19(17)16-30-22-13-9-8-12-21(22)29-26(30)18(2)28-27(31)20-14-23(32-3)25(34-5)24(15-20)33-4/h6-15,18H,16H2,1-5H3,(H,28,31). The third-order valence-electron chi connectivity index (χ3n) is 5.94. The van der Waals surface area contributed by atoms with E-state index in [9.17, 15) is 4.79 Å². The minimum atomic E-state index is -0.344. The fourth-order valence-electron chi connectivity index (χ4n) is 4.11. The largest absolute Gasteiger partial charge is 0.493 e. The molecule has 7 heteroatoms. The average Bonchev–Trinajstić information content (AvgIpc) is 3.22. The van der Waals surface area contributed by atoms with Crippen LogP contribution in [0.15, 0.2) is 60.7 Å². The van der Waals surface area contributed by atoms with Gasteiger partial charge in [-0.2, -0.15) is 0 Å². The van der Waals surface area contributed by atoms with Gasteiger partial charge in [0, 0.05) is 12.1 Å². The molecule has 1 atom stereocenters. The van der Waals surface area contributed by atoms with E-state index < -0.39 is 0 Å². The zero-order valence-electron chi connectivity index (χ0n) is 20.1. The van der Waals surface area contributed by atoms with E-state index in [1.807, 2.05) is 37.3 Å². The van der Waals surface area contributed by atoms with E-state index in [-0.39, 0.29) is 11.9 Å². The average molecular weight is 460 g/mol. The lowest BCUT2D eigenvalue weighted by molar-refractivity contribution is 0.0937. The molecular formula is C27H29N3O4. The Hall–Kier alpha value is -4.00. The molecule has 4 rings (SSSR count). The number of carbonyl (C=O) groups excluding carboxylic acids is 1. The number of nitrogens with one attached hydrogen (secondary N) is 1. The lowest BCUT2D eigenvalue weighted by Gasteiger charge is -2.18. The topological polar surface area (TPSA) is 74.6 Å². The minimum absolute atomic E-state index is 0.263. The van der Waals surface area contributed by atoms with Crippen molar-refractivity contribution in [1.29, 1.82) is 0 Å². The zero-order chi connectivity index (χ0) is 24.2. The second-order valence-electron chi connectivity index (χ2n) is 8.08. The Morgan fingerprint density at radius 2 is 1.62 bits per heavy atom. The number of nitrogens with zero attached hydrogens (tertiary/aromatic N) is 2. The quantitative estimate of drug-likeness (QED) is 0.405. The first kappa shape index (κ1) is 23.2. The number of methoxy groups -OCH3 is 3. The summed E-state index contributed by atoms with van der Waals surface area (Å²) in [5, 5.41) is 3.08. The Labute approximate surface area is 199 Å². The van der Waals surface area contributed by atoms with Gasteiger partial charge < -0.3 is 24.1 Å². The van der Waals surface area contributed by atoms with Gasteiger partial charge in [-0.15, -0.1) is 0 Å². The molecule has 176 valence electrons. The predicted octanol–water partition coefficient (Wildman–Crippen LogP) is 4.91. The minimum Gasteiger partial charge on any atom is -0.493 e. The lowest BCUT2D eigenvalue weighted by Crippen LogP contribution is -2.29. The molecule has 0 aliphatic rings. The van der Waals surface area contributed by atoms with E-state index in [1.54, 1.807) is 12.1 Å². The van der Waals surface area contributed by atoms with Crippen molar-refractivity contribution < 1.29 is 19.0 Å². The molecule has 7 nitrogen and oxygen atoms in total. The third-order valence-corrected chi connectivity index (χ3v) is 5.94. The molecule has 1 N–H and O–H groups in total. The van der Waals surface area contributed by atoms with Crippen LogP contribution in [0.5, 0.6) is 17.2 Å². The fourth-order valence-corrected chi connectivity index (χ4v) is 4.11. The van der Waals surface area contributed by atoms with Crippen LogP contribution in [0.3, 0.4) is 0 Å². The van der Waals surface area contributed by atoms with E-state index in [0.717, 1.165) is 16.9 Å². The fraction of sp³-hybridized carbons (Fsp3) is 0.259. The van der Waals surface area contributed by atoms with Gasteiger partial charge in [0.2, 0.25) is 5.75 Å². The molecule has 0 saturated carbocycles. The maximum atomic E-state index is 13.2. The molecule has 0 aliphatic heterocycles. The summed E-state index contributed by atoms with van der Waals surface area (Å²) in [6.45, 7) is 4.70. The molecule has 0 fully saturated rings. The van der Waals surface area contributed by atoms with Crippen LogP contribution < -0.4 is 19.5 Å². The SMILES string of the molecule is COc1cc(C(=O)NC(C)c2nc3ccccc3n2Cc2ccccc2C)cc(OC)c1OC. The van der Waals surface area contributed by atoms with Gasteiger partial charge in [-0.3, -0.25) is 4.79 Å². The van der Waals surface area contributed by atoms with E-state index >= 15 is 0 Å². The van der Waals surface area contributed by atoms with E-state index in [1.165, 1.54) is 32.5 Å². The van der Waals surface area contributed by atoms with E-state index in [2.05, 4.69) is 35.0 Å². The molecule has 0 bridgehead atoms. The number of amides is 1. The summed E-state index contributed by atoms with van der Waals surface area (Å²) in [5.41, 5.74) is 4.73. The number of benzene rings is 3. The summed E-state index contributed by atoms with van der Waals surface area (Å²) in [7, 11) is 4.58. The van der Waals surface area contributed by atoms with Gasteiger partial charge in [-0.25, -0.2) is 4.98 Å². The first-order valence-corrected chi connectivity index (χ1v) is 11.1. The number of rotatable bonds is 8. The summed E-state index contributed by atoms with van der Waals surface area (Å²) in [6.07, 6.45) is 0. The molecular weight excluding hydrogens is 430 g/mol. The normalized spacial score (nSPS) is 11.8. The number of hydrogen-bond acceptors (Lipinski definition) is 5. The van der Waals surface area contributed by atoms with Gasteiger partial charge in [-0.05, 0) is 49.2 Å². The van der Waals surface area contributed by atoms with Crippen LogP contribution in [0, 0.1) is 6.92 Å². The number of para-hydroxylation sites is 2. The van der Waals surface area contributed by atoms with Gasteiger partial charge in [0.15, 0.2) is 11.5 Å². The molecule has 1 unspecified atom stereocenters. The smallest absolute Gasteiger partial charge is 0.252 e. The maximum absolute atomic E-state index is 13.2. The Balaban J connectivity index is 1.68. The van der Waals surface area contributed by atoms with Crippen molar-refractivity contribution in [1.82, 2.24) is 14.9 Å². The van der Waals surface area contributed by atoms with Crippen LogP contribution in [0.25, 0.3) is 11.0 Å². The second kappa shape index (κ2) is 9.87. The molecule has 0 aliphatic carbocycles. The molecule has 0 radical (unpaired) electrons. The number of fused-ring (bicyclic) bond motifs is 1. The Kier molecular flexibility index (Phi) is 6.72. The van der Waals surface area contributed by atoms with Gasteiger partial charge in [0.1, 0.15) is 5.82 Å². The summed E-state index contributed by atoms with van der Waals surface area (Å²) in [5.74, 6) is 1.80. The summed E-state index contributed by atoms with van der Waals surface area (Å²) >= 11 is 0. The van der Waals surface area contributed by atoms with Crippen molar-refractivity contribution >= 4 is 16.9 Å². The molecule has 1 heterocycles. The van der Waals surface area contributed by atoms with Crippen molar-refractivity contribution in [2.45, 2.75) is 26.4 Å². The van der Waals surface area contributed by atoms with Crippen LogP contribution >= 0.6 is 0 Å². The van der Waals surface area contributed by atoms with Crippen LogP contribution in [0.4, 0.5) is 0 Å². The highest BCUT2D eigenvalue weighted by Gasteiger charge is 2.22. The molecule has 0 spiro atoms. The Morgan fingerprint density at radius 3 is 2.26 bits per heavy atom. The first-order chi connectivity index (χ1) is 16.5. The molecule has 1 amide bonds. The lowest BCUT2D eigenvalue weighted by atomic mass is 10.1. The van der Waals surface area contributed by atoms with Gasteiger partial charge in [-0.1, -0.05) is 36.4 Å². The number of carbonyl (C=O) groups is 1. The van der Waals surface area contributed by atoms with Crippen LogP contribution in [0.1, 0.15) is 40.3 Å². The highest BCUT2D eigenvalue weighted by atomic mass is 16.5. The number of ether oxygens (including phenoxy) is 3. The highest BCUT2D eigenvalue weighted by molar-refractivity contribution is 5.96. The van der Waals surface area contributed by atoms with Crippen LogP contribution in [-0.4, -0.2) is 36.8 Å². The van der Waals surface area contributed by atoms with Crippen LogP contribution in [0.2, 0.25) is 0 Å². The summed E-state index contributed by atoms with van der Waals surface area (Å²) < 4.78 is 18.3. The first-order valence-electron chi connectivity index (χ1n) is 11.1. The van der Waals surface area contributed by atoms with Crippen LogP contribution in [-0.2, 0) is 6.54 Å². The molecule has 0 saturated heterocycles. The van der Waals surface area contributed by atoms with Crippen molar-refractivity contribution in [2.75, 3.05) is 21.3 Å². The maximum Gasteiger partial charge on any atom is 0.252 e. The Morgan fingerprint density at radius 1 is 0.971 bits per heavy atom. The molecule has 34 heavy (non-hydrogen) atoms. The van der Waals surface area contributed by atoms with E-state index in [0.29, 0.717) is 29.4 Å². The van der Waals surface area contributed by atoms with Crippen molar-refractivity contribution in [3.05, 3.63) is 83.2 Å². The van der Waals surface area contributed by atoms with Gasteiger partial charge in [0.25, 0.3) is 5.91 Å². The van der Waals surface area contributed by atoms with Crippen molar-refractivity contribution in [3.63, 3.8) is 0 Å². The van der Waals surface area contributed by atoms with Gasteiger partial charge in [0.05, 0.1) is 38.4 Å². The van der Waals surface area contributed by atoms with Crippen molar-refractivity contribution in [3.8, 4) is 17.2 Å². The molecule has 4 aromatic rings. The number of hydrogen-bond donors (Lipinski definition) is 1.